The predicted molar refractivity (Wildman–Crippen MR) is 135 cm³/mol. The van der Waals surface area contributed by atoms with Crippen molar-refractivity contribution >= 4 is 34.9 Å². The molecule has 1 aliphatic rings. The number of amides is 1. The molecule has 7 nitrogen and oxygen atoms in total. The van der Waals surface area contributed by atoms with Crippen LogP contribution in [0.2, 0.25) is 0 Å². The third-order valence-corrected chi connectivity index (χ3v) is 6.58. The lowest BCUT2D eigenvalue weighted by Gasteiger charge is -2.36. The summed E-state index contributed by atoms with van der Waals surface area (Å²) in [5, 5.41) is 3.63. The standard InChI is InChI=1S/C25H29N5O2S/c1-18-6-4-7-19(2)24(18)28-23(31)17-33-25-26-11-10-22(27-25)30-14-12-29(13-15-30)20-8-5-9-21(16-20)32-3/h4-11,16H,12-15,17H2,1-3H3,(H,28,31). The van der Waals surface area contributed by atoms with Crippen molar-refractivity contribution < 1.29 is 9.53 Å². The molecule has 4 rings (SSSR count). The van der Waals surface area contributed by atoms with Crippen LogP contribution in [0.3, 0.4) is 0 Å². The van der Waals surface area contributed by atoms with Crippen molar-refractivity contribution in [3.8, 4) is 5.75 Å². The highest BCUT2D eigenvalue weighted by molar-refractivity contribution is 7.99. The summed E-state index contributed by atoms with van der Waals surface area (Å²) in [5.41, 5.74) is 4.16. The van der Waals surface area contributed by atoms with Crippen LogP contribution in [0.25, 0.3) is 0 Å². The molecule has 1 aliphatic heterocycles. The molecule has 172 valence electrons. The Balaban J connectivity index is 1.32. The van der Waals surface area contributed by atoms with Crippen molar-refractivity contribution in [2.75, 3.05) is 54.2 Å². The summed E-state index contributed by atoms with van der Waals surface area (Å²) < 4.78 is 5.35. The predicted octanol–water partition coefficient (Wildman–Crippen LogP) is 4.16. The molecular weight excluding hydrogens is 434 g/mol. The number of nitrogens with zero attached hydrogens (tertiary/aromatic N) is 4. The Bertz CT molecular complexity index is 1100. The quantitative estimate of drug-likeness (QED) is 0.417. The van der Waals surface area contributed by atoms with Crippen molar-refractivity contribution in [1.82, 2.24) is 9.97 Å². The number of hydrogen-bond acceptors (Lipinski definition) is 7. The van der Waals surface area contributed by atoms with Crippen LogP contribution in [0.15, 0.2) is 59.9 Å². The highest BCUT2D eigenvalue weighted by Gasteiger charge is 2.19. The monoisotopic (exact) mass is 463 g/mol. The number of aromatic nitrogens is 2. The summed E-state index contributed by atoms with van der Waals surface area (Å²) in [6.45, 7) is 7.53. The lowest BCUT2D eigenvalue weighted by molar-refractivity contribution is -0.113. The van der Waals surface area contributed by atoms with Gasteiger partial charge in [-0.3, -0.25) is 4.79 Å². The van der Waals surface area contributed by atoms with E-state index in [1.807, 2.05) is 50.2 Å². The fourth-order valence-electron chi connectivity index (χ4n) is 3.90. The Morgan fingerprint density at radius 2 is 1.73 bits per heavy atom. The lowest BCUT2D eigenvalue weighted by Crippen LogP contribution is -2.46. The summed E-state index contributed by atoms with van der Waals surface area (Å²) in [6, 6.07) is 16.1. The van der Waals surface area contributed by atoms with Crippen LogP contribution in [0.4, 0.5) is 17.2 Å². The van der Waals surface area contributed by atoms with Crippen LogP contribution in [0.1, 0.15) is 11.1 Å². The van der Waals surface area contributed by atoms with Crippen molar-refractivity contribution in [2.45, 2.75) is 19.0 Å². The van der Waals surface area contributed by atoms with Crippen LogP contribution in [0, 0.1) is 13.8 Å². The molecular formula is C25H29N5O2S. The third kappa shape index (κ3) is 5.76. The zero-order chi connectivity index (χ0) is 23.2. The van der Waals surface area contributed by atoms with E-state index in [0.29, 0.717) is 5.16 Å². The second-order valence-electron chi connectivity index (χ2n) is 7.98. The topological polar surface area (TPSA) is 70.6 Å². The molecule has 33 heavy (non-hydrogen) atoms. The molecule has 1 fully saturated rings. The molecule has 2 heterocycles. The molecule has 1 saturated heterocycles. The third-order valence-electron chi connectivity index (χ3n) is 5.72. The second kappa shape index (κ2) is 10.6. The Morgan fingerprint density at radius 3 is 2.45 bits per heavy atom. The van der Waals surface area contributed by atoms with E-state index in [4.69, 9.17) is 9.72 Å². The number of aryl methyl sites for hydroxylation is 2. The number of carbonyl (C=O) groups is 1. The molecule has 0 aliphatic carbocycles. The van der Waals surface area contributed by atoms with E-state index in [9.17, 15) is 4.79 Å². The molecule has 1 N–H and O–H groups in total. The molecule has 8 heteroatoms. The van der Waals surface area contributed by atoms with Crippen molar-refractivity contribution in [3.05, 3.63) is 65.9 Å². The van der Waals surface area contributed by atoms with Gasteiger partial charge in [0.25, 0.3) is 0 Å². The van der Waals surface area contributed by atoms with Crippen molar-refractivity contribution in [1.29, 1.82) is 0 Å². The molecule has 0 spiro atoms. The van der Waals surface area contributed by atoms with Gasteiger partial charge in [0.15, 0.2) is 5.16 Å². The largest absolute Gasteiger partial charge is 0.497 e. The van der Waals surface area contributed by atoms with E-state index in [1.54, 1.807) is 13.3 Å². The molecule has 2 aromatic carbocycles. The number of carbonyl (C=O) groups excluding carboxylic acids is 1. The average molecular weight is 464 g/mol. The molecule has 0 saturated carbocycles. The van der Waals surface area contributed by atoms with Gasteiger partial charge in [-0.05, 0) is 43.2 Å². The Morgan fingerprint density at radius 1 is 1.03 bits per heavy atom. The summed E-state index contributed by atoms with van der Waals surface area (Å²) in [6.07, 6.45) is 1.77. The number of piperazine rings is 1. The Hall–Kier alpha value is -3.26. The van der Waals surface area contributed by atoms with Gasteiger partial charge in [-0.15, -0.1) is 0 Å². The molecule has 0 unspecified atom stereocenters. The molecule has 0 atom stereocenters. The number of benzene rings is 2. The summed E-state index contributed by atoms with van der Waals surface area (Å²) in [7, 11) is 1.69. The van der Waals surface area contributed by atoms with E-state index < -0.39 is 0 Å². The zero-order valence-electron chi connectivity index (χ0n) is 19.2. The first-order valence-corrected chi connectivity index (χ1v) is 12.0. The first kappa shape index (κ1) is 22.9. The molecule has 3 aromatic rings. The SMILES string of the molecule is COc1cccc(N2CCN(c3ccnc(SCC(=O)Nc4c(C)cccc4C)n3)CC2)c1. The van der Waals surface area contributed by atoms with Crippen LogP contribution in [-0.4, -0.2) is 54.9 Å². The first-order valence-electron chi connectivity index (χ1n) is 11.0. The minimum atomic E-state index is -0.0571. The van der Waals surface area contributed by atoms with Gasteiger partial charge in [-0.25, -0.2) is 9.97 Å². The van der Waals surface area contributed by atoms with E-state index in [2.05, 4.69) is 32.2 Å². The minimum Gasteiger partial charge on any atom is -0.497 e. The normalized spacial score (nSPS) is 13.7. The zero-order valence-corrected chi connectivity index (χ0v) is 20.1. The number of para-hydroxylation sites is 1. The lowest BCUT2D eigenvalue weighted by atomic mass is 10.1. The van der Waals surface area contributed by atoms with Gasteiger partial charge in [-0.2, -0.15) is 0 Å². The number of nitrogens with one attached hydrogen (secondary N) is 1. The summed E-state index contributed by atoms with van der Waals surface area (Å²) >= 11 is 1.35. The van der Waals surface area contributed by atoms with E-state index in [0.717, 1.165) is 54.6 Å². The van der Waals surface area contributed by atoms with Gasteiger partial charge < -0.3 is 19.9 Å². The van der Waals surface area contributed by atoms with Gasteiger partial charge in [-0.1, -0.05) is 36.0 Å². The van der Waals surface area contributed by atoms with Crippen LogP contribution in [0.5, 0.6) is 5.75 Å². The van der Waals surface area contributed by atoms with E-state index in [1.165, 1.54) is 17.4 Å². The minimum absolute atomic E-state index is 0.0571. The van der Waals surface area contributed by atoms with Gasteiger partial charge in [0.05, 0.1) is 12.9 Å². The summed E-state index contributed by atoms with van der Waals surface area (Å²) in [4.78, 5) is 26.1. The number of ether oxygens (including phenoxy) is 1. The molecule has 1 amide bonds. The maximum Gasteiger partial charge on any atom is 0.234 e. The van der Waals surface area contributed by atoms with Gasteiger partial charge in [0.1, 0.15) is 11.6 Å². The highest BCUT2D eigenvalue weighted by Crippen LogP contribution is 2.25. The number of rotatable bonds is 7. The van der Waals surface area contributed by atoms with Crippen LogP contribution < -0.4 is 19.9 Å². The fraction of sp³-hybridized carbons (Fsp3) is 0.320. The number of methoxy groups -OCH3 is 1. The van der Waals surface area contributed by atoms with E-state index in [-0.39, 0.29) is 11.7 Å². The van der Waals surface area contributed by atoms with Crippen molar-refractivity contribution in [3.63, 3.8) is 0 Å². The van der Waals surface area contributed by atoms with Gasteiger partial charge in [0.2, 0.25) is 5.91 Å². The molecule has 0 bridgehead atoms. The number of thioether (sulfide) groups is 1. The molecule has 1 aromatic heterocycles. The maximum absolute atomic E-state index is 12.5. The molecule has 0 radical (unpaired) electrons. The van der Waals surface area contributed by atoms with Gasteiger partial charge >= 0.3 is 0 Å². The maximum atomic E-state index is 12.5. The van der Waals surface area contributed by atoms with Crippen LogP contribution >= 0.6 is 11.8 Å². The van der Waals surface area contributed by atoms with E-state index >= 15 is 0 Å². The highest BCUT2D eigenvalue weighted by atomic mass is 32.2. The number of anilines is 3. The smallest absolute Gasteiger partial charge is 0.234 e. The fourth-order valence-corrected chi connectivity index (χ4v) is 4.52. The average Bonchev–Trinajstić information content (AvgIpc) is 2.85. The summed E-state index contributed by atoms with van der Waals surface area (Å²) in [5.74, 6) is 1.97. The Labute approximate surface area is 199 Å². The number of hydrogen-bond donors (Lipinski definition) is 1. The van der Waals surface area contributed by atoms with Crippen molar-refractivity contribution in [2.24, 2.45) is 0 Å². The second-order valence-corrected chi connectivity index (χ2v) is 8.92. The van der Waals surface area contributed by atoms with Gasteiger partial charge in [0, 0.05) is 49.8 Å². The first-order chi connectivity index (χ1) is 16.0. The van der Waals surface area contributed by atoms with Crippen LogP contribution in [-0.2, 0) is 4.79 Å². The Kier molecular flexibility index (Phi) is 7.34.